The molecule has 0 saturated carbocycles. The van der Waals surface area contributed by atoms with Crippen molar-refractivity contribution >= 4 is 5.96 Å². The number of likely N-dealkylation sites (N-methyl/N-ethyl adjacent to an activating group) is 1. The number of allylic oxidation sites excluding steroid dienone is 1. The summed E-state index contributed by atoms with van der Waals surface area (Å²) in [5.41, 5.74) is 1.19. The molecule has 1 heterocycles. The predicted molar refractivity (Wildman–Crippen MR) is 107 cm³/mol. The molecule has 0 aliphatic heterocycles. The van der Waals surface area contributed by atoms with E-state index in [4.69, 9.17) is 4.99 Å². The third-order valence-corrected chi connectivity index (χ3v) is 4.25. The van der Waals surface area contributed by atoms with E-state index in [1.165, 1.54) is 24.8 Å². The number of aliphatic imine (C=N–C) groups is 1. The largest absolute Gasteiger partial charge is 0.357 e. The molecule has 0 amide bonds. The summed E-state index contributed by atoms with van der Waals surface area (Å²) in [6.07, 6.45) is 10.7. The number of guanidine groups is 1. The summed E-state index contributed by atoms with van der Waals surface area (Å²) < 4.78 is 1.84. The van der Waals surface area contributed by atoms with Gasteiger partial charge in [0.2, 0.25) is 0 Å². The molecule has 0 saturated heterocycles. The lowest BCUT2D eigenvalue weighted by Crippen LogP contribution is -2.40. The number of aromatic nitrogens is 2. The first-order chi connectivity index (χ1) is 12.0. The van der Waals surface area contributed by atoms with E-state index >= 15 is 0 Å². The van der Waals surface area contributed by atoms with E-state index in [1.807, 2.05) is 24.0 Å². The van der Waals surface area contributed by atoms with Crippen molar-refractivity contribution in [3.8, 4) is 0 Å². The molecule has 1 aromatic heterocycles. The third-order valence-electron chi connectivity index (χ3n) is 4.25. The van der Waals surface area contributed by atoms with E-state index in [1.54, 1.807) is 0 Å². The lowest BCUT2D eigenvalue weighted by molar-refractivity contribution is 0.305. The summed E-state index contributed by atoms with van der Waals surface area (Å²) >= 11 is 0. The molecule has 142 valence electrons. The van der Waals surface area contributed by atoms with E-state index in [-0.39, 0.29) is 6.04 Å². The monoisotopic (exact) mass is 348 g/mol. The maximum atomic E-state index is 4.87. The van der Waals surface area contributed by atoms with Crippen molar-refractivity contribution in [3.05, 3.63) is 30.6 Å². The van der Waals surface area contributed by atoms with Crippen molar-refractivity contribution in [2.45, 2.75) is 38.6 Å². The summed E-state index contributed by atoms with van der Waals surface area (Å²) in [4.78, 5) is 9.30. The molecular formula is C19H36N6. The number of nitrogens with one attached hydrogen (secondary N) is 1. The standard InChI is InChI=1S/C19H36N6/c1-7-9-10-11-12-13-24(5)19(20-8-2)21-15-18(23(3)4)17-14-22-25(6)16-17/h7,14,16,18H,1,8-13,15H2,2-6H3,(H,20,21). The molecule has 0 aromatic carbocycles. The maximum Gasteiger partial charge on any atom is 0.193 e. The highest BCUT2D eigenvalue weighted by Gasteiger charge is 2.16. The summed E-state index contributed by atoms with van der Waals surface area (Å²) in [7, 11) is 8.24. The normalized spacial score (nSPS) is 13.1. The van der Waals surface area contributed by atoms with Crippen molar-refractivity contribution in [1.82, 2.24) is 24.9 Å². The first-order valence-corrected chi connectivity index (χ1v) is 9.24. The molecule has 25 heavy (non-hydrogen) atoms. The SMILES string of the molecule is C=CCCCCCN(C)C(=NCC(c1cnn(C)c1)N(C)C)NCC. The molecule has 1 rings (SSSR count). The second-order valence-corrected chi connectivity index (χ2v) is 6.68. The second-order valence-electron chi connectivity index (χ2n) is 6.68. The average molecular weight is 349 g/mol. The van der Waals surface area contributed by atoms with Gasteiger partial charge in [0.05, 0.1) is 18.8 Å². The Kier molecular flexibility index (Phi) is 9.92. The summed E-state index contributed by atoms with van der Waals surface area (Å²) in [5.74, 6) is 0.974. The van der Waals surface area contributed by atoms with Crippen LogP contribution < -0.4 is 5.32 Å². The molecule has 0 radical (unpaired) electrons. The van der Waals surface area contributed by atoms with Gasteiger partial charge in [-0.2, -0.15) is 5.10 Å². The van der Waals surface area contributed by atoms with Crippen LogP contribution in [0.1, 0.15) is 44.2 Å². The molecule has 0 aliphatic rings. The molecule has 1 atom stereocenters. The number of rotatable bonds is 11. The van der Waals surface area contributed by atoms with E-state index < -0.39 is 0 Å². The van der Waals surface area contributed by atoms with Crippen LogP contribution in [0.2, 0.25) is 0 Å². The quantitative estimate of drug-likeness (QED) is 0.289. The minimum Gasteiger partial charge on any atom is -0.357 e. The van der Waals surface area contributed by atoms with Crippen LogP contribution in [0.4, 0.5) is 0 Å². The van der Waals surface area contributed by atoms with E-state index in [0.29, 0.717) is 6.54 Å². The fourth-order valence-corrected chi connectivity index (χ4v) is 2.74. The van der Waals surface area contributed by atoms with Gasteiger partial charge in [-0.15, -0.1) is 6.58 Å². The van der Waals surface area contributed by atoms with Gasteiger partial charge < -0.3 is 15.1 Å². The first-order valence-electron chi connectivity index (χ1n) is 9.24. The summed E-state index contributed by atoms with van der Waals surface area (Å²) in [6.45, 7) is 8.49. The zero-order chi connectivity index (χ0) is 18.7. The molecule has 0 aliphatic carbocycles. The smallest absolute Gasteiger partial charge is 0.193 e. The Labute approximate surface area is 153 Å². The van der Waals surface area contributed by atoms with Crippen LogP contribution in [-0.4, -0.2) is 66.3 Å². The van der Waals surface area contributed by atoms with Crippen LogP contribution >= 0.6 is 0 Å². The van der Waals surface area contributed by atoms with Gasteiger partial charge in [-0.25, -0.2) is 0 Å². The van der Waals surface area contributed by atoms with Gasteiger partial charge in [0.15, 0.2) is 5.96 Å². The molecule has 1 unspecified atom stereocenters. The van der Waals surface area contributed by atoms with Gasteiger partial charge in [-0.1, -0.05) is 12.5 Å². The van der Waals surface area contributed by atoms with Gasteiger partial charge in [0.25, 0.3) is 0 Å². The Balaban J connectivity index is 2.66. The maximum absolute atomic E-state index is 4.87. The average Bonchev–Trinajstić information content (AvgIpc) is 2.99. The Morgan fingerprint density at radius 2 is 2.12 bits per heavy atom. The minimum atomic E-state index is 0.225. The molecule has 1 N–H and O–H groups in total. The van der Waals surface area contributed by atoms with Crippen LogP contribution in [0.25, 0.3) is 0 Å². The Bertz CT molecular complexity index is 520. The van der Waals surface area contributed by atoms with Gasteiger partial charge in [0, 0.05) is 38.9 Å². The van der Waals surface area contributed by atoms with Gasteiger partial charge in [0.1, 0.15) is 0 Å². The van der Waals surface area contributed by atoms with Crippen LogP contribution in [0.15, 0.2) is 30.0 Å². The number of nitrogens with zero attached hydrogens (tertiary/aromatic N) is 5. The van der Waals surface area contributed by atoms with Crippen LogP contribution in [0.3, 0.4) is 0 Å². The van der Waals surface area contributed by atoms with Gasteiger partial charge in [-0.3, -0.25) is 9.67 Å². The molecule has 0 fully saturated rings. The number of hydrogen-bond donors (Lipinski definition) is 1. The summed E-state index contributed by atoms with van der Waals surface area (Å²) in [6, 6.07) is 0.225. The van der Waals surface area contributed by atoms with Crippen molar-refractivity contribution in [1.29, 1.82) is 0 Å². The topological polar surface area (TPSA) is 48.7 Å². The van der Waals surface area contributed by atoms with Crippen molar-refractivity contribution in [2.75, 3.05) is 40.8 Å². The molecule has 6 nitrogen and oxygen atoms in total. The Morgan fingerprint density at radius 3 is 2.68 bits per heavy atom. The molecular weight excluding hydrogens is 312 g/mol. The zero-order valence-corrected chi connectivity index (χ0v) is 16.7. The minimum absolute atomic E-state index is 0.225. The molecule has 0 bridgehead atoms. The Morgan fingerprint density at radius 1 is 1.36 bits per heavy atom. The van der Waals surface area contributed by atoms with Gasteiger partial charge in [-0.05, 0) is 40.3 Å². The number of unbranched alkanes of at least 4 members (excludes halogenated alkanes) is 3. The highest BCUT2D eigenvalue weighted by molar-refractivity contribution is 5.79. The van der Waals surface area contributed by atoms with Crippen molar-refractivity contribution < 1.29 is 0 Å². The predicted octanol–water partition coefficient (Wildman–Crippen LogP) is 2.67. The van der Waals surface area contributed by atoms with Crippen molar-refractivity contribution in [2.24, 2.45) is 12.0 Å². The second kappa shape index (κ2) is 11.7. The van der Waals surface area contributed by atoms with Crippen molar-refractivity contribution in [3.63, 3.8) is 0 Å². The fraction of sp³-hybridized carbons (Fsp3) is 0.684. The zero-order valence-electron chi connectivity index (χ0n) is 16.7. The highest BCUT2D eigenvalue weighted by atomic mass is 15.3. The van der Waals surface area contributed by atoms with Crippen LogP contribution in [-0.2, 0) is 7.05 Å². The molecule has 0 spiro atoms. The Hall–Kier alpha value is -1.82. The lowest BCUT2D eigenvalue weighted by Gasteiger charge is -2.25. The molecule has 6 heteroatoms. The highest BCUT2D eigenvalue weighted by Crippen LogP contribution is 2.17. The van der Waals surface area contributed by atoms with E-state index in [9.17, 15) is 0 Å². The number of hydrogen-bond acceptors (Lipinski definition) is 3. The molecule has 1 aromatic rings. The van der Waals surface area contributed by atoms with E-state index in [0.717, 1.165) is 25.5 Å². The fourth-order valence-electron chi connectivity index (χ4n) is 2.74. The number of aryl methyl sites for hydroxylation is 1. The van der Waals surface area contributed by atoms with Crippen LogP contribution in [0.5, 0.6) is 0 Å². The van der Waals surface area contributed by atoms with Gasteiger partial charge >= 0.3 is 0 Å². The summed E-state index contributed by atoms with van der Waals surface area (Å²) in [5, 5.41) is 7.70. The van der Waals surface area contributed by atoms with Crippen LogP contribution in [0, 0.1) is 0 Å². The third kappa shape index (κ3) is 7.73. The van der Waals surface area contributed by atoms with E-state index in [2.05, 4.69) is 61.1 Å². The first kappa shape index (κ1) is 21.2. The lowest BCUT2D eigenvalue weighted by atomic mass is 10.1.